The molecule has 39 heavy (non-hydrogen) atoms. The quantitative estimate of drug-likeness (QED) is 0.283. The van der Waals surface area contributed by atoms with Crippen LogP contribution in [0.1, 0.15) is 64.9 Å². The number of ether oxygens (including phenoxy) is 1. The molecular weight excluding hydrogens is 537 g/mol. The summed E-state index contributed by atoms with van der Waals surface area (Å²) >= 11 is 6.46. The molecule has 1 atom stereocenters. The van der Waals surface area contributed by atoms with Crippen molar-refractivity contribution in [2.75, 3.05) is 18.5 Å². The Bertz CT molecular complexity index is 1370. The first-order valence-electron chi connectivity index (χ1n) is 13.2. The Morgan fingerprint density at radius 1 is 1.23 bits per heavy atom. The molecule has 208 valence electrons. The number of benzene rings is 2. The van der Waals surface area contributed by atoms with Crippen LogP contribution in [-0.4, -0.2) is 40.5 Å². The number of hydrogen-bond donors (Lipinski definition) is 2. The summed E-state index contributed by atoms with van der Waals surface area (Å²) in [4.78, 5) is 26.1. The van der Waals surface area contributed by atoms with Crippen molar-refractivity contribution in [2.45, 2.75) is 64.8 Å². The molecule has 1 aromatic heterocycles. The summed E-state index contributed by atoms with van der Waals surface area (Å²) in [6.45, 7) is 7.25. The fourth-order valence-electron chi connectivity index (χ4n) is 4.65. The van der Waals surface area contributed by atoms with Gasteiger partial charge in [0, 0.05) is 28.1 Å². The van der Waals surface area contributed by atoms with Crippen molar-refractivity contribution in [1.29, 1.82) is 5.26 Å². The second-order valence-electron chi connectivity index (χ2n) is 10.5. The van der Waals surface area contributed by atoms with Crippen LogP contribution >= 0.6 is 24.0 Å². The molecule has 1 amide bonds. The Morgan fingerprint density at radius 3 is 2.72 bits per heavy atom. The molecule has 1 saturated heterocycles. The summed E-state index contributed by atoms with van der Waals surface area (Å²) in [5.41, 5.74) is 2.41. The summed E-state index contributed by atoms with van der Waals surface area (Å²) in [7, 11) is 0. The lowest BCUT2D eigenvalue weighted by Gasteiger charge is -2.35. The maximum Gasteiger partial charge on any atom is 0.435 e. The highest BCUT2D eigenvalue weighted by Crippen LogP contribution is 2.34. The third kappa shape index (κ3) is 7.30. The molecule has 1 aliphatic rings. The number of carbonyl (C=O) groups is 2. The molecule has 0 radical (unpaired) electrons. The van der Waals surface area contributed by atoms with Crippen LogP contribution in [0.4, 0.5) is 10.6 Å². The smallest absolute Gasteiger partial charge is 0.435 e. The number of carbonyl (C=O) groups excluding carboxylic acids is 2. The van der Waals surface area contributed by atoms with E-state index in [1.165, 1.54) is 4.68 Å². The van der Waals surface area contributed by atoms with Crippen molar-refractivity contribution in [2.24, 2.45) is 5.92 Å². The van der Waals surface area contributed by atoms with Gasteiger partial charge in [-0.1, -0.05) is 43.9 Å². The number of nitriles is 1. The van der Waals surface area contributed by atoms with Gasteiger partial charge in [0.2, 0.25) is 5.91 Å². The standard InChI is InChI=1S/C29H34ClN5O3.ClH/c1-4-5-6-7-14-38-28(37)35-25-11-9-20(22-15-19(17-31)8-10-24(22)30)16-23(25)26(34-35)33-27(36)21-12-13-29(2,3)32-18-21;/h8-11,15-16,21,32H,4-7,12-14,18H2,1-3H3,(H,33,34,36);1H/t21-;/m1./s1. The molecule has 10 heteroatoms. The van der Waals surface area contributed by atoms with Gasteiger partial charge < -0.3 is 15.4 Å². The zero-order chi connectivity index (χ0) is 27.3. The molecule has 4 rings (SSSR count). The number of anilines is 1. The number of fused-ring (bicyclic) bond motifs is 1. The van der Waals surface area contributed by atoms with Gasteiger partial charge in [-0.2, -0.15) is 9.94 Å². The molecule has 0 aliphatic carbocycles. The summed E-state index contributed by atoms with van der Waals surface area (Å²) in [6.07, 6.45) is 5.00. The van der Waals surface area contributed by atoms with Crippen molar-refractivity contribution < 1.29 is 14.3 Å². The van der Waals surface area contributed by atoms with E-state index < -0.39 is 6.09 Å². The van der Waals surface area contributed by atoms with Crippen LogP contribution in [0.3, 0.4) is 0 Å². The predicted molar refractivity (Wildman–Crippen MR) is 156 cm³/mol. The predicted octanol–water partition coefficient (Wildman–Crippen LogP) is 6.93. The monoisotopic (exact) mass is 571 g/mol. The van der Waals surface area contributed by atoms with Crippen molar-refractivity contribution in [3.63, 3.8) is 0 Å². The average molecular weight is 573 g/mol. The van der Waals surface area contributed by atoms with Crippen LogP contribution in [0.2, 0.25) is 5.02 Å². The van der Waals surface area contributed by atoms with E-state index in [-0.39, 0.29) is 35.6 Å². The number of aromatic nitrogens is 2. The van der Waals surface area contributed by atoms with Gasteiger partial charge in [-0.15, -0.1) is 17.5 Å². The largest absolute Gasteiger partial charge is 0.448 e. The Balaban J connectivity index is 0.00000420. The zero-order valence-electron chi connectivity index (χ0n) is 22.6. The Labute approximate surface area is 240 Å². The van der Waals surface area contributed by atoms with Crippen LogP contribution in [0, 0.1) is 17.2 Å². The SMILES string of the molecule is CCCCCCOC(=O)n1nc(NC(=O)[C@@H]2CCC(C)(C)NC2)c2cc(-c3cc(C#N)ccc3Cl)ccc21.Cl. The summed E-state index contributed by atoms with van der Waals surface area (Å²) < 4.78 is 6.68. The molecule has 3 aromatic rings. The molecule has 0 spiro atoms. The van der Waals surface area contributed by atoms with Gasteiger partial charge in [0.1, 0.15) is 0 Å². The lowest BCUT2D eigenvalue weighted by Crippen LogP contribution is -2.49. The van der Waals surface area contributed by atoms with Gasteiger partial charge in [-0.05, 0) is 69.0 Å². The topological polar surface area (TPSA) is 109 Å². The molecule has 0 saturated carbocycles. The number of unbranched alkanes of at least 4 members (excludes halogenated alkanes) is 3. The Morgan fingerprint density at radius 2 is 2.03 bits per heavy atom. The minimum Gasteiger partial charge on any atom is -0.448 e. The Kier molecular flexibility index (Phi) is 10.4. The van der Waals surface area contributed by atoms with Crippen molar-refractivity contribution in [3.05, 3.63) is 47.0 Å². The number of amides is 1. The normalized spacial score (nSPS) is 16.2. The zero-order valence-corrected chi connectivity index (χ0v) is 24.1. The first-order chi connectivity index (χ1) is 18.2. The molecule has 2 N–H and O–H groups in total. The maximum absolute atomic E-state index is 13.2. The van der Waals surface area contributed by atoms with E-state index in [0.717, 1.165) is 44.1 Å². The van der Waals surface area contributed by atoms with E-state index in [9.17, 15) is 14.9 Å². The van der Waals surface area contributed by atoms with Crippen LogP contribution in [0.15, 0.2) is 36.4 Å². The second kappa shape index (κ2) is 13.3. The number of halogens is 2. The minimum absolute atomic E-state index is 0. The fourth-order valence-corrected chi connectivity index (χ4v) is 4.88. The number of rotatable bonds is 8. The lowest BCUT2D eigenvalue weighted by atomic mass is 9.86. The highest BCUT2D eigenvalue weighted by molar-refractivity contribution is 6.33. The van der Waals surface area contributed by atoms with Gasteiger partial charge in [-0.25, -0.2) is 4.79 Å². The van der Waals surface area contributed by atoms with Crippen LogP contribution in [0.5, 0.6) is 0 Å². The first-order valence-corrected chi connectivity index (χ1v) is 13.6. The number of piperidine rings is 1. The summed E-state index contributed by atoms with van der Waals surface area (Å²) in [5, 5.41) is 21.3. The minimum atomic E-state index is -0.592. The average Bonchev–Trinajstić information content (AvgIpc) is 3.26. The highest BCUT2D eigenvalue weighted by atomic mass is 35.5. The number of nitrogens with zero attached hydrogens (tertiary/aromatic N) is 3. The number of hydrogen-bond acceptors (Lipinski definition) is 6. The highest BCUT2D eigenvalue weighted by Gasteiger charge is 2.31. The molecule has 0 bridgehead atoms. The van der Waals surface area contributed by atoms with Crippen LogP contribution in [-0.2, 0) is 9.53 Å². The Hall–Kier alpha value is -3.12. The van der Waals surface area contributed by atoms with Gasteiger partial charge in [0.15, 0.2) is 5.82 Å². The molecule has 8 nitrogen and oxygen atoms in total. The molecule has 1 aliphatic heterocycles. The fraction of sp³-hybridized carbons (Fsp3) is 0.448. The van der Waals surface area contributed by atoms with Crippen molar-refractivity contribution in [1.82, 2.24) is 15.1 Å². The van der Waals surface area contributed by atoms with Crippen LogP contribution < -0.4 is 10.6 Å². The van der Waals surface area contributed by atoms with Gasteiger partial charge in [-0.3, -0.25) is 4.79 Å². The molecule has 1 fully saturated rings. The molecular formula is C29H35Cl2N5O3. The molecule has 2 heterocycles. The van der Waals surface area contributed by atoms with E-state index in [4.69, 9.17) is 16.3 Å². The second-order valence-corrected chi connectivity index (χ2v) is 10.9. The lowest BCUT2D eigenvalue weighted by molar-refractivity contribution is -0.120. The van der Waals surface area contributed by atoms with E-state index in [1.807, 2.05) is 12.1 Å². The van der Waals surface area contributed by atoms with Gasteiger partial charge in [0.25, 0.3) is 0 Å². The molecule has 0 unspecified atom stereocenters. The number of nitrogens with one attached hydrogen (secondary N) is 2. The summed E-state index contributed by atoms with van der Waals surface area (Å²) in [5.74, 6) is -0.0757. The third-order valence-corrected chi connectivity index (χ3v) is 7.37. The molecule has 2 aromatic carbocycles. The van der Waals surface area contributed by atoms with E-state index >= 15 is 0 Å². The van der Waals surface area contributed by atoms with E-state index in [0.29, 0.717) is 40.2 Å². The van der Waals surface area contributed by atoms with Crippen LogP contribution in [0.25, 0.3) is 22.0 Å². The van der Waals surface area contributed by atoms with Crippen molar-refractivity contribution in [3.8, 4) is 17.2 Å². The van der Waals surface area contributed by atoms with Gasteiger partial charge >= 0.3 is 6.09 Å². The first kappa shape index (κ1) is 30.4. The summed E-state index contributed by atoms with van der Waals surface area (Å²) in [6, 6.07) is 12.6. The maximum atomic E-state index is 13.2. The van der Waals surface area contributed by atoms with E-state index in [2.05, 4.69) is 42.6 Å². The third-order valence-electron chi connectivity index (χ3n) is 7.04. The van der Waals surface area contributed by atoms with Gasteiger partial charge in [0.05, 0.1) is 29.7 Å². The van der Waals surface area contributed by atoms with Crippen molar-refractivity contribution >= 4 is 52.7 Å². The van der Waals surface area contributed by atoms with E-state index in [1.54, 1.807) is 24.3 Å².